The molecule has 3 aromatic rings. The lowest BCUT2D eigenvalue weighted by Crippen LogP contribution is -2.14. The van der Waals surface area contributed by atoms with Gasteiger partial charge < -0.3 is 0 Å². The largest absolute Gasteiger partial charge is 0.273 e. The Kier molecular flexibility index (Phi) is 3.21. The molecule has 6 nitrogen and oxygen atoms in total. The molecule has 2 aromatic carbocycles. The van der Waals surface area contributed by atoms with Gasteiger partial charge in [0.1, 0.15) is 5.82 Å². The minimum atomic E-state index is -0.481. The molecule has 3 rings (SSSR count). The number of rotatable bonds is 2. The van der Waals surface area contributed by atoms with E-state index in [2.05, 4.69) is 4.98 Å². The molecule has 110 valence electrons. The van der Waals surface area contributed by atoms with E-state index < -0.39 is 4.92 Å². The summed E-state index contributed by atoms with van der Waals surface area (Å²) in [5.41, 5.74) is 2.13. The number of carbonyl (C=O) groups is 1. The summed E-state index contributed by atoms with van der Waals surface area (Å²) in [4.78, 5) is 27.6. The molecule has 1 aromatic heterocycles. The zero-order valence-corrected chi connectivity index (χ0v) is 12.1. The van der Waals surface area contributed by atoms with Crippen molar-refractivity contribution in [3.05, 3.63) is 69.5 Å². The standard InChI is InChI=1S/C16H13N3O3/c1-10-7-8-12(9-15(10)19(21)22)16(20)18-11(2)17-13-5-3-4-6-14(13)18/h3-9H,1-2H3. The maximum Gasteiger partial charge on any atom is 0.273 e. The van der Waals surface area contributed by atoms with Gasteiger partial charge in [0.2, 0.25) is 0 Å². The highest BCUT2D eigenvalue weighted by atomic mass is 16.6. The van der Waals surface area contributed by atoms with Crippen LogP contribution < -0.4 is 0 Å². The van der Waals surface area contributed by atoms with Crippen LogP contribution in [-0.4, -0.2) is 20.4 Å². The molecule has 0 aliphatic rings. The van der Waals surface area contributed by atoms with Crippen LogP contribution in [0.4, 0.5) is 5.69 Å². The number of aryl methyl sites for hydroxylation is 2. The number of imidazole rings is 1. The first-order valence-electron chi connectivity index (χ1n) is 6.73. The number of fused-ring (bicyclic) bond motifs is 1. The van der Waals surface area contributed by atoms with Crippen LogP contribution in [0.2, 0.25) is 0 Å². The number of nitro groups is 1. The van der Waals surface area contributed by atoms with Gasteiger partial charge in [0.25, 0.3) is 11.6 Å². The average molecular weight is 295 g/mol. The molecular formula is C16H13N3O3. The van der Waals surface area contributed by atoms with Gasteiger partial charge >= 0.3 is 0 Å². The van der Waals surface area contributed by atoms with E-state index >= 15 is 0 Å². The van der Waals surface area contributed by atoms with E-state index in [0.717, 1.165) is 5.52 Å². The number of hydrogen-bond acceptors (Lipinski definition) is 4. The summed E-state index contributed by atoms with van der Waals surface area (Å²) in [6, 6.07) is 11.8. The van der Waals surface area contributed by atoms with Crippen molar-refractivity contribution in [3.63, 3.8) is 0 Å². The monoisotopic (exact) mass is 295 g/mol. The van der Waals surface area contributed by atoms with Gasteiger partial charge in [0.15, 0.2) is 0 Å². The number of aromatic nitrogens is 2. The highest BCUT2D eigenvalue weighted by molar-refractivity contribution is 6.02. The van der Waals surface area contributed by atoms with E-state index in [0.29, 0.717) is 16.9 Å². The zero-order valence-electron chi connectivity index (χ0n) is 12.1. The van der Waals surface area contributed by atoms with Crippen LogP contribution >= 0.6 is 0 Å². The fourth-order valence-electron chi connectivity index (χ4n) is 2.47. The number of benzene rings is 2. The number of hydrogen-bond donors (Lipinski definition) is 0. The van der Waals surface area contributed by atoms with E-state index in [-0.39, 0.29) is 17.2 Å². The van der Waals surface area contributed by atoms with Crippen molar-refractivity contribution in [3.8, 4) is 0 Å². The van der Waals surface area contributed by atoms with Crippen LogP contribution in [-0.2, 0) is 0 Å². The Bertz CT molecular complexity index is 912. The summed E-state index contributed by atoms with van der Waals surface area (Å²) < 4.78 is 1.48. The van der Waals surface area contributed by atoms with Crippen molar-refractivity contribution >= 4 is 22.6 Å². The summed E-state index contributed by atoms with van der Waals surface area (Å²) >= 11 is 0. The van der Waals surface area contributed by atoms with Crippen molar-refractivity contribution in [1.29, 1.82) is 0 Å². The quantitative estimate of drug-likeness (QED) is 0.537. The third-order valence-corrected chi connectivity index (χ3v) is 3.58. The summed E-state index contributed by atoms with van der Waals surface area (Å²) in [7, 11) is 0. The van der Waals surface area contributed by atoms with Crippen LogP contribution in [0.25, 0.3) is 11.0 Å². The average Bonchev–Trinajstić information content (AvgIpc) is 2.82. The Hall–Kier alpha value is -3.02. The predicted octanol–water partition coefficient (Wildman–Crippen LogP) is 3.25. The van der Waals surface area contributed by atoms with E-state index in [4.69, 9.17) is 0 Å². The first kappa shape index (κ1) is 13.9. The summed E-state index contributed by atoms with van der Waals surface area (Å²) in [5, 5.41) is 11.0. The van der Waals surface area contributed by atoms with Gasteiger partial charge in [-0.1, -0.05) is 18.2 Å². The summed E-state index contributed by atoms with van der Waals surface area (Å²) in [6.45, 7) is 3.38. The van der Waals surface area contributed by atoms with E-state index in [1.54, 1.807) is 32.0 Å². The van der Waals surface area contributed by atoms with Crippen molar-refractivity contribution in [1.82, 2.24) is 9.55 Å². The lowest BCUT2D eigenvalue weighted by atomic mass is 10.1. The van der Waals surface area contributed by atoms with Gasteiger partial charge in [-0.25, -0.2) is 4.98 Å². The smallest absolute Gasteiger partial charge is 0.268 e. The van der Waals surface area contributed by atoms with Gasteiger partial charge in [-0.15, -0.1) is 0 Å². The summed E-state index contributed by atoms with van der Waals surface area (Å²) in [6.07, 6.45) is 0. The molecule has 0 N–H and O–H groups in total. The molecule has 0 atom stereocenters. The Morgan fingerprint density at radius 1 is 1.18 bits per heavy atom. The van der Waals surface area contributed by atoms with Crippen LogP contribution in [0.3, 0.4) is 0 Å². The second-order valence-corrected chi connectivity index (χ2v) is 5.05. The Morgan fingerprint density at radius 3 is 2.64 bits per heavy atom. The minimum absolute atomic E-state index is 0.0621. The van der Waals surface area contributed by atoms with Gasteiger partial charge in [-0.05, 0) is 32.0 Å². The molecule has 0 aliphatic carbocycles. The normalized spacial score (nSPS) is 10.8. The van der Waals surface area contributed by atoms with E-state index in [9.17, 15) is 14.9 Å². The highest BCUT2D eigenvalue weighted by Gasteiger charge is 2.19. The Balaban J connectivity index is 2.16. The molecule has 0 saturated carbocycles. The molecule has 0 spiro atoms. The highest BCUT2D eigenvalue weighted by Crippen LogP contribution is 2.22. The van der Waals surface area contributed by atoms with Gasteiger partial charge in [0, 0.05) is 17.2 Å². The molecule has 22 heavy (non-hydrogen) atoms. The van der Waals surface area contributed by atoms with E-state index in [1.165, 1.54) is 10.6 Å². The Morgan fingerprint density at radius 2 is 1.91 bits per heavy atom. The fraction of sp³-hybridized carbons (Fsp3) is 0.125. The van der Waals surface area contributed by atoms with Crippen LogP contribution in [0, 0.1) is 24.0 Å². The molecule has 0 amide bonds. The fourth-order valence-corrected chi connectivity index (χ4v) is 2.47. The molecule has 0 fully saturated rings. The molecule has 1 heterocycles. The first-order valence-corrected chi connectivity index (χ1v) is 6.73. The number of nitrogens with zero attached hydrogens (tertiary/aromatic N) is 3. The lowest BCUT2D eigenvalue weighted by molar-refractivity contribution is -0.385. The molecule has 0 unspecified atom stereocenters. The van der Waals surface area contributed by atoms with Crippen molar-refractivity contribution in [2.75, 3.05) is 0 Å². The second-order valence-electron chi connectivity index (χ2n) is 5.05. The summed E-state index contributed by atoms with van der Waals surface area (Å²) in [5.74, 6) is 0.226. The number of carbonyl (C=O) groups excluding carboxylic acids is 1. The van der Waals surface area contributed by atoms with Gasteiger partial charge in [-0.3, -0.25) is 19.5 Å². The van der Waals surface area contributed by atoms with Gasteiger partial charge in [0.05, 0.1) is 16.0 Å². The van der Waals surface area contributed by atoms with Crippen LogP contribution in [0.15, 0.2) is 42.5 Å². The van der Waals surface area contributed by atoms with Crippen molar-refractivity contribution in [2.45, 2.75) is 13.8 Å². The number of nitro benzene ring substituents is 1. The number of para-hydroxylation sites is 2. The molecule has 0 saturated heterocycles. The maximum atomic E-state index is 12.7. The third kappa shape index (κ3) is 2.14. The Labute approximate surface area is 126 Å². The topological polar surface area (TPSA) is 78.0 Å². The molecule has 0 radical (unpaired) electrons. The van der Waals surface area contributed by atoms with Crippen molar-refractivity contribution < 1.29 is 9.72 Å². The molecule has 6 heteroatoms. The van der Waals surface area contributed by atoms with E-state index in [1.807, 2.05) is 18.2 Å². The first-order chi connectivity index (χ1) is 10.5. The van der Waals surface area contributed by atoms with Crippen molar-refractivity contribution in [2.24, 2.45) is 0 Å². The molecular weight excluding hydrogens is 282 g/mol. The zero-order chi connectivity index (χ0) is 15.9. The minimum Gasteiger partial charge on any atom is -0.268 e. The second kappa shape index (κ2) is 5.07. The van der Waals surface area contributed by atoms with Gasteiger partial charge in [-0.2, -0.15) is 0 Å². The van der Waals surface area contributed by atoms with Crippen LogP contribution in [0.1, 0.15) is 21.7 Å². The third-order valence-electron chi connectivity index (χ3n) is 3.58. The molecule has 0 bridgehead atoms. The lowest BCUT2D eigenvalue weighted by Gasteiger charge is -2.06. The molecule has 0 aliphatic heterocycles. The maximum absolute atomic E-state index is 12.7. The van der Waals surface area contributed by atoms with Crippen LogP contribution in [0.5, 0.6) is 0 Å². The SMILES string of the molecule is Cc1ccc(C(=O)n2c(C)nc3ccccc32)cc1[N+](=O)[O-]. The predicted molar refractivity (Wildman–Crippen MR) is 82.0 cm³/mol.